The number of hydrogen-bond donors (Lipinski definition) is 2. The fourth-order valence-corrected chi connectivity index (χ4v) is 2.64. The number of carbonyl (C=O) groups is 1. The molecule has 19 heavy (non-hydrogen) atoms. The van der Waals surface area contributed by atoms with Gasteiger partial charge >= 0.3 is 0 Å². The average molecular weight is 284 g/mol. The normalized spacial score (nSPS) is 22.2. The summed E-state index contributed by atoms with van der Waals surface area (Å²) in [6.07, 6.45) is 2.57. The number of nitrogens with one attached hydrogen (secondary N) is 1. The van der Waals surface area contributed by atoms with Gasteiger partial charge in [-0.25, -0.2) is 8.78 Å². The molecule has 6 heteroatoms. The van der Waals surface area contributed by atoms with Crippen LogP contribution in [0.15, 0.2) is 18.2 Å². The predicted molar refractivity (Wildman–Crippen MR) is 71.7 cm³/mol. The fourth-order valence-electron chi connectivity index (χ4n) is 2.36. The summed E-state index contributed by atoms with van der Waals surface area (Å²) >= 11 is 4.96. The molecule has 0 aromatic heterocycles. The van der Waals surface area contributed by atoms with Gasteiger partial charge in [-0.2, -0.15) is 0 Å². The number of amides is 1. The molecule has 102 valence electrons. The Morgan fingerprint density at radius 1 is 1.32 bits per heavy atom. The van der Waals surface area contributed by atoms with Crippen molar-refractivity contribution < 1.29 is 13.6 Å². The molecular weight excluding hydrogens is 270 g/mol. The van der Waals surface area contributed by atoms with Crippen LogP contribution in [0.5, 0.6) is 0 Å². The SMILES string of the molecule is NC(=S)C1CCCC1NC(=O)c1ccc(F)c(F)c1. The number of nitrogens with two attached hydrogens (primary N) is 1. The molecule has 1 fully saturated rings. The average Bonchev–Trinajstić information content (AvgIpc) is 2.80. The topological polar surface area (TPSA) is 55.1 Å². The third-order valence-electron chi connectivity index (χ3n) is 3.38. The molecule has 1 saturated carbocycles. The molecule has 1 amide bonds. The molecule has 2 rings (SSSR count). The standard InChI is InChI=1S/C13H14F2N2OS/c14-9-5-4-7(6-10(9)15)13(18)17-11-3-1-2-8(11)12(16)19/h4-6,8,11H,1-3H2,(H2,16,19)(H,17,18). The van der Waals surface area contributed by atoms with Gasteiger partial charge in [-0.05, 0) is 31.0 Å². The first-order valence-electron chi connectivity index (χ1n) is 6.04. The highest BCUT2D eigenvalue weighted by atomic mass is 32.1. The van der Waals surface area contributed by atoms with Gasteiger partial charge in [-0.15, -0.1) is 0 Å². The molecule has 0 bridgehead atoms. The number of halogens is 2. The zero-order valence-electron chi connectivity index (χ0n) is 10.2. The Hall–Kier alpha value is -1.56. The van der Waals surface area contributed by atoms with Crippen LogP contribution in [0.1, 0.15) is 29.6 Å². The van der Waals surface area contributed by atoms with E-state index in [9.17, 15) is 13.6 Å². The van der Waals surface area contributed by atoms with Crippen LogP contribution >= 0.6 is 12.2 Å². The minimum Gasteiger partial charge on any atom is -0.393 e. The molecule has 2 unspecified atom stereocenters. The minimum atomic E-state index is -1.04. The molecular formula is C13H14F2N2OS. The largest absolute Gasteiger partial charge is 0.393 e. The van der Waals surface area contributed by atoms with Crippen LogP contribution < -0.4 is 11.1 Å². The maximum atomic E-state index is 13.1. The van der Waals surface area contributed by atoms with Crippen LogP contribution in [0.25, 0.3) is 0 Å². The summed E-state index contributed by atoms with van der Waals surface area (Å²) in [5.74, 6) is -2.47. The van der Waals surface area contributed by atoms with Crippen molar-refractivity contribution in [2.75, 3.05) is 0 Å². The Morgan fingerprint density at radius 3 is 2.68 bits per heavy atom. The van der Waals surface area contributed by atoms with Crippen LogP contribution in [0.2, 0.25) is 0 Å². The van der Waals surface area contributed by atoms with Gasteiger partial charge in [-0.3, -0.25) is 4.79 Å². The van der Waals surface area contributed by atoms with E-state index in [1.807, 2.05) is 0 Å². The Kier molecular flexibility index (Phi) is 4.09. The van der Waals surface area contributed by atoms with E-state index >= 15 is 0 Å². The van der Waals surface area contributed by atoms with E-state index < -0.39 is 17.5 Å². The lowest BCUT2D eigenvalue weighted by Gasteiger charge is -2.19. The van der Waals surface area contributed by atoms with Gasteiger partial charge in [0.25, 0.3) is 5.91 Å². The zero-order valence-corrected chi connectivity index (χ0v) is 11.0. The summed E-state index contributed by atoms with van der Waals surface area (Å²) < 4.78 is 25.9. The number of rotatable bonds is 3. The van der Waals surface area contributed by atoms with Crippen molar-refractivity contribution in [3.8, 4) is 0 Å². The molecule has 0 saturated heterocycles. The van der Waals surface area contributed by atoms with Crippen LogP contribution in [-0.4, -0.2) is 16.9 Å². The molecule has 0 aliphatic heterocycles. The molecule has 1 aromatic carbocycles. The number of carbonyl (C=O) groups excluding carboxylic acids is 1. The van der Waals surface area contributed by atoms with Gasteiger partial charge in [0.15, 0.2) is 11.6 Å². The van der Waals surface area contributed by atoms with Crippen LogP contribution in [0.3, 0.4) is 0 Å². The third-order valence-corrected chi connectivity index (χ3v) is 3.68. The molecule has 0 radical (unpaired) electrons. The van der Waals surface area contributed by atoms with Gasteiger partial charge in [0.05, 0.1) is 4.99 Å². The quantitative estimate of drug-likeness (QED) is 0.836. The van der Waals surface area contributed by atoms with Gasteiger partial charge in [0.2, 0.25) is 0 Å². The van der Waals surface area contributed by atoms with E-state index in [1.54, 1.807) is 0 Å². The summed E-state index contributed by atoms with van der Waals surface area (Å²) in [5, 5.41) is 2.78. The molecule has 0 spiro atoms. The minimum absolute atomic E-state index is 0.0238. The first-order chi connectivity index (χ1) is 8.99. The summed E-state index contributed by atoms with van der Waals surface area (Å²) in [7, 11) is 0. The van der Waals surface area contributed by atoms with Crippen LogP contribution in [-0.2, 0) is 0 Å². The van der Waals surface area contributed by atoms with E-state index in [0.29, 0.717) is 4.99 Å². The lowest BCUT2D eigenvalue weighted by atomic mass is 10.0. The van der Waals surface area contributed by atoms with E-state index in [-0.39, 0.29) is 17.5 Å². The van der Waals surface area contributed by atoms with Crippen molar-refractivity contribution in [3.63, 3.8) is 0 Å². The monoisotopic (exact) mass is 284 g/mol. The highest BCUT2D eigenvalue weighted by molar-refractivity contribution is 7.80. The van der Waals surface area contributed by atoms with Crippen molar-refractivity contribution in [2.45, 2.75) is 25.3 Å². The first kappa shape index (κ1) is 13.9. The van der Waals surface area contributed by atoms with E-state index in [1.165, 1.54) is 6.07 Å². The molecule has 1 aliphatic carbocycles. The third kappa shape index (κ3) is 3.07. The highest BCUT2D eigenvalue weighted by Crippen LogP contribution is 2.26. The maximum absolute atomic E-state index is 13.1. The summed E-state index contributed by atoms with van der Waals surface area (Å²) in [6, 6.07) is 2.94. The lowest BCUT2D eigenvalue weighted by molar-refractivity contribution is 0.0933. The molecule has 1 aliphatic rings. The Balaban J connectivity index is 2.08. The van der Waals surface area contributed by atoms with Crippen molar-refractivity contribution in [3.05, 3.63) is 35.4 Å². The van der Waals surface area contributed by atoms with E-state index in [2.05, 4.69) is 5.32 Å². The molecule has 0 heterocycles. The number of hydrogen-bond acceptors (Lipinski definition) is 2. The molecule has 1 aromatic rings. The predicted octanol–water partition coefficient (Wildman–Crippen LogP) is 2.15. The number of thiocarbonyl (C=S) groups is 1. The number of benzene rings is 1. The Bertz CT molecular complexity index is 521. The second-order valence-corrected chi connectivity index (χ2v) is 5.12. The Labute approximate surface area is 115 Å². The van der Waals surface area contributed by atoms with Gasteiger partial charge < -0.3 is 11.1 Å². The molecule has 2 atom stereocenters. The fraction of sp³-hybridized carbons (Fsp3) is 0.385. The van der Waals surface area contributed by atoms with E-state index in [4.69, 9.17) is 18.0 Å². The zero-order chi connectivity index (χ0) is 14.0. The van der Waals surface area contributed by atoms with Crippen LogP contribution in [0.4, 0.5) is 8.78 Å². The second-order valence-electron chi connectivity index (χ2n) is 4.65. The molecule has 3 nitrogen and oxygen atoms in total. The molecule has 3 N–H and O–H groups in total. The van der Waals surface area contributed by atoms with Gasteiger partial charge in [0, 0.05) is 17.5 Å². The van der Waals surface area contributed by atoms with Crippen molar-refractivity contribution in [1.82, 2.24) is 5.32 Å². The van der Waals surface area contributed by atoms with Gasteiger partial charge in [-0.1, -0.05) is 18.6 Å². The lowest BCUT2D eigenvalue weighted by Crippen LogP contribution is -2.41. The highest BCUT2D eigenvalue weighted by Gasteiger charge is 2.30. The van der Waals surface area contributed by atoms with E-state index in [0.717, 1.165) is 31.4 Å². The van der Waals surface area contributed by atoms with Gasteiger partial charge in [0.1, 0.15) is 0 Å². The smallest absolute Gasteiger partial charge is 0.251 e. The Morgan fingerprint density at radius 2 is 2.05 bits per heavy atom. The van der Waals surface area contributed by atoms with Crippen molar-refractivity contribution in [1.29, 1.82) is 0 Å². The summed E-state index contributed by atoms with van der Waals surface area (Å²) in [5.41, 5.74) is 5.71. The van der Waals surface area contributed by atoms with Crippen molar-refractivity contribution >= 4 is 23.1 Å². The second kappa shape index (κ2) is 5.61. The van der Waals surface area contributed by atoms with Crippen LogP contribution in [0, 0.1) is 17.6 Å². The first-order valence-corrected chi connectivity index (χ1v) is 6.45. The maximum Gasteiger partial charge on any atom is 0.251 e. The summed E-state index contributed by atoms with van der Waals surface area (Å²) in [4.78, 5) is 12.3. The van der Waals surface area contributed by atoms with Crippen molar-refractivity contribution in [2.24, 2.45) is 11.7 Å². The summed E-state index contributed by atoms with van der Waals surface area (Å²) in [6.45, 7) is 0.